The average Bonchev–Trinajstić information content (AvgIpc) is 2.51. The van der Waals surface area contributed by atoms with Gasteiger partial charge in [-0.2, -0.15) is 5.10 Å². The molecule has 0 fully saturated rings. The number of rotatable bonds is 4. The van der Waals surface area contributed by atoms with Gasteiger partial charge in [-0.3, -0.25) is 4.68 Å². The summed E-state index contributed by atoms with van der Waals surface area (Å²) < 4.78 is 26.6. The number of halogens is 2. The summed E-state index contributed by atoms with van der Waals surface area (Å²) in [6, 6.07) is 0. The lowest BCUT2D eigenvalue weighted by Gasteiger charge is -2.22. The average molecular weight is 203 g/mol. The van der Waals surface area contributed by atoms with Gasteiger partial charge in [-0.25, -0.2) is 8.78 Å². The van der Waals surface area contributed by atoms with E-state index in [2.05, 4.69) is 5.10 Å². The molecule has 0 aromatic carbocycles. The maximum atomic E-state index is 12.4. The van der Waals surface area contributed by atoms with Gasteiger partial charge in [0.25, 0.3) is 6.43 Å². The molecule has 0 aliphatic heterocycles. The number of aromatic nitrogens is 2. The molecule has 1 aromatic rings. The third kappa shape index (κ3) is 2.51. The van der Waals surface area contributed by atoms with Gasteiger partial charge < -0.3 is 5.73 Å². The van der Waals surface area contributed by atoms with E-state index in [0.29, 0.717) is 0 Å². The van der Waals surface area contributed by atoms with Crippen LogP contribution < -0.4 is 5.73 Å². The highest BCUT2D eigenvalue weighted by Crippen LogP contribution is 2.17. The fourth-order valence-electron chi connectivity index (χ4n) is 1.19. The van der Waals surface area contributed by atoms with Crippen LogP contribution in [0.4, 0.5) is 8.78 Å². The van der Waals surface area contributed by atoms with Crippen LogP contribution in [0.3, 0.4) is 0 Å². The van der Waals surface area contributed by atoms with E-state index in [1.165, 1.54) is 6.92 Å². The Balaban J connectivity index is 2.68. The Labute approximate surface area is 81.9 Å². The lowest BCUT2D eigenvalue weighted by molar-refractivity contribution is 0.0639. The Morgan fingerprint density at radius 3 is 2.71 bits per heavy atom. The van der Waals surface area contributed by atoms with E-state index in [4.69, 9.17) is 5.73 Å². The van der Waals surface area contributed by atoms with Crippen molar-refractivity contribution in [2.24, 2.45) is 5.73 Å². The maximum Gasteiger partial charge on any atom is 0.256 e. The molecule has 2 N–H and O–H groups in total. The molecule has 1 aromatic heterocycles. The smallest absolute Gasteiger partial charge is 0.256 e. The summed E-state index contributed by atoms with van der Waals surface area (Å²) in [6.45, 7) is 4.02. The zero-order chi connectivity index (χ0) is 10.8. The van der Waals surface area contributed by atoms with Crippen molar-refractivity contribution >= 4 is 0 Å². The monoisotopic (exact) mass is 203 g/mol. The minimum Gasteiger partial charge on any atom is -0.320 e. The molecular formula is C9H15F2N3. The van der Waals surface area contributed by atoms with Crippen LogP contribution in [0.25, 0.3) is 0 Å². The molecule has 1 atom stereocenters. The molecule has 14 heavy (non-hydrogen) atoms. The Morgan fingerprint density at radius 2 is 2.29 bits per heavy atom. The number of alkyl halides is 2. The molecule has 5 heteroatoms. The van der Waals surface area contributed by atoms with Crippen molar-refractivity contribution in [1.29, 1.82) is 0 Å². The fourth-order valence-corrected chi connectivity index (χ4v) is 1.19. The second-order valence-corrected chi connectivity index (χ2v) is 3.69. The molecule has 0 spiro atoms. The first kappa shape index (κ1) is 11.1. The predicted octanol–water partition coefficient (Wildman–Crippen LogP) is 1.43. The minimum absolute atomic E-state index is 0.144. The predicted molar refractivity (Wildman–Crippen MR) is 50.2 cm³/mol. The van der Waals surface area contributed by atoms with Gasteiger partial charge in [0, 0.05) is 12.7 Å². The zero-order valence-electron chi connectivity index (χ0n) is 8.37. The molecular weight excluding hydrogens is 188 g/mol. The number of hydrogen-bond acceptors (Lipinski definition) is 2. The van der Waals surface area contributed by atoms with Crippen LogP contribution in [0.2, 0.25) is 0 Å². The Hall–Kier alpha value is -0.970. The van der Waals surface area contributed by atoms with E-state index >= 15 is 0 Å². The van der Waals surface area contributed by atoms with E-state index in [1.807, 2.05) is 6.92 Å². The van der Waals surface area contributed by atoms with Crippen molar-refractivity contribution in [2.75, 3.05) is 0 Å². The molecule has 1 unspecified atom stereocenters. The van der Waals surface area contributed by atoms with Crippen molar-refractivity contribution in [3.63, 3.8) is 0 Å². The number of nitrogens with zero attached hydrogens (tertiary/aromatic N) is 2. The first-order valence-corrected chi connectivity index (χ1v) is 4.54. The topological polar surface area (TPSA) is 43.8 Å². The van der Waals surface area contributed by atoms with Gasteiger partial charge in [-0.15, -0.1) is 0 Å². The van der Waals surface area contributed by atoms with Crippen molar-refractivity contribution < 1.29 is 8.78 Å². The first-order valence-electron chi connectivity index (χ1n) is 4.54. The highest BCUT2D eigenvalue weighted by Gasteiger charge is 2.30. The standard InChI is InChI=1S/C9H15F2N3/c1-3-14-6-7(5-13-14)4-9(2,12)8(10)11/h5-6,8H,3-4,12H2,1-2H3. The molecule has 0 aliphatic rings. The summed E-state index contributed by atoms with van der Waals surface area (Å²) in [4.78, 5) is 0. The van der Waals surface area contributed by atoms with Gasteiger partial charge >= 0.3 is 0 Å². The van der Waals surface area contributed by atoms with Crippen LogP contribution in [0.1, 0.15) is 19.4 Å². The summed E-state index contributed by atoms with van der Waals surface area (Å²) in [5.74, 6) is 0. The molecule has 0 aliphatic carbocycles. The molecule has 0 bridgehead atoms. The SMILES string of the molecule is CCn1cc(CC(C)(N)C(F)F)cn1. The van der Waals surface area contributed by atoms with Crippen molar-refractivity contribution in [3.05, 3.63) is 18.0 Å². The van der Waals surface area contributed by atoms with Crippen LogP contribution in [0.15, 0.2) is 12.4 Å². The van der Waals surface area contributed by atoms with Gasteiger partial charge in [0.15, 0.2) is 0 Å². The second-order valence-electron chi connectivity index (χ2n) is 3.69. The van der Waals surface area contributed by atoms with Gasteiger partial charge in [-0.05, 0) is 25.8 Å². The summed E-state index contributed by atoms with van der Waals surface area (Å²) in [5.41, 5.74) is 4.73. The lowest BCUT2D eigenvalue weighted by atomic mass is 9.96. The van der Waals surface area contributed by atoms with Crippen LogP contribution >= 0.6 is 0 Å². The van der Waals surface area contributed by atoms with E-state index in [1.54, 1.807) is 17.1 Å². The van der Waals surface area contributed by atoms with E-state index < -0.39 is 12.0 Å². The van der Waals surface area contributed by atoms with E-state index in [0.717, 1.165) is 12.1 Å². The van der Waals surface area contributed by atoms with Gasteiger partial charge in [0.05, 0.1) is 11.7 Å². The molecule has 0 saturated heterocycles. The quantitative estimate of drug-likeness (QED) is 0.804. The number of aryl methyl sites for hydroxylation is 1. The lowest BCUT2D eigenvalue weighted by Crippen LogP contribution is -2.45. The Morgan fingerprint density at radius 1 is 1.64 bits per heavy atom. The molecule has 80 valence electrons. The summed E-state index contributed by atoms with van der Waals surface area (Å²) >= 11 is 0. The van der Waals surface area contributed by atoms with Crippen molar-refractivity contribution in [3.8, 4) is 0 Å². The highest BCUT2D eigenvalue weighted by atomic mass is 19.3. The third-order valence-corrected chi connectivity index (χ3v) is 2.09. The zero-order valence-corrected chi connectivity index (χ0v) is 8.37. The van der Waals surface area contributed by atoms with Crippen molar-refractivity contribution in [1.82, 2.24) is 9.78 Å². The Bertz CT molecular complexity index is 294. The molecule has 3 nitrogen and oxygen atoms in total. The molecule has 0 radical (unpaired) electrons. The molecule has 0 saturated carbocycles. The summed E-state index contributed by atoms with van der Waals surface area (Å²) in [5, 5.41) is 3.99. The third-order valence-electron chi connectivity index (χ3n) is 2.09. The fraction of sp³-hybridized carbons (Fsp3) is 0.667. The summed E-state index contributed by atoms with van der Waals surface area (Å²) in [6.07, 6.45) is 0.947. The maximum absolute atomic E-state index is 12.4. The number of hydrogen-bond donors (Lipinski definition) is 1. The van der Waals surface area contributed by atoms with Crippen LogP contribution in [-0.4, -0.2) is 21.7 Å². The first-order chi connectivity index (χ1) is 6.45. The van der Waals surface area contributed by atoms with Gasteiger partial charge in [0.1, 0.15) is 0 Å². The molecule has 1 rings (SSSR count). The van der Waals surface area contributed by atoms with Crippen LogP contribution in [-0.2, 0) is 13.0 Å². The summed E-state index contributed by atoms with van der Waals surface area (Å²) in [7, 11) is 0. The Kier molecular flexibility index (Phi) is 3.21. The molecule has 0 amide bonds. The van der Waals surface area contributed by atoms with E-state index in [9.17, 15) is 8.78 Å². The number of nitrogens with two attached hydrogens (primary N) is 1. The molecule has 1 heterocycles. The largest absolute Gasteiger partial charge is 0.320 e. The van der Waals surface area contributed by atoms with Crippen LogP contribution in [0.5, 0.6) is 0 Å². The van der Waals surface area contributed by atoms with Crippen molar-refractivity contribution in [2.45, 2.75) is 38.8 Å². The van der Waals surface area contributed by atoms with Gasteiger partial charge in [0.2, 0.25) is 0 Å². The van der Waals surface area contributed by atoms with E-state index in [-0.39, 0.29) is 6.42 Å². The highest BCUT2D eigenvalue weighted by molar-refractivity contribution is 5.09. The minimum atomic E-state index is -2.52. The second kappa shape index (κ2) is 4.04. The van der Waals surface area contributed by atoms with Crippen LogP contribution in [0, 0.1) is 0 Å². The van der Waals surface area contributed by atoms with Gasteiger partial charge in [-0.1, -0.05) is 0 Å². The normalized spacial score (nSPS) is 15.9.